The van der Waals surface area contributed by atoms with Crippen LogP contribution in [0.15, 0.2) is 35.1 Å². The zero-order valence-electron chi connectivity index (χ0n) is 13.1. The van der Waals surface area contributed by atoms with Crippen LogP contribution in [0.3, 0.4) is 0 Å². The van der Waals surface area contributed by atoms with Crippen molar-refractivity contribution < 1.29 is 13.6 Å². The Balaban J connectivity index is 1.75. The van der Waals surface area contributed by atoms with Crippen LogP contribution in [0.25, 0.3) is 0 Å². The van der Waals surface area contributed by atoms with Gasteiger partial charge in [0.1, 0.15) is 11.6 Å². The van der Waals surface area contributed by atoms with Crippen molar-refractivity contribution in [1.82, 2.24) is 15.2 Å². The summed E-state index contributed by atoms with van der Waals surface area (Å²) in [5.74, 6) is -0.0563. The number of aryl methyl sites for hydroxylation is 1. The molecule has 1 fully saturated rings. The molecule has 1 atom stereocenters. The van der Waals surface area contributed by atoms with Crippen LogP contribution in [-0.2, 0) is 0 Å². The zero-order chi connectivity index (χ0) is 16.2. The molecule has 5 nitrogen and oxygen atoms in total. The summed E-state index contributed by atoms with van der Waals surface area (Å²) >= 11 is 0. The molecule has 122 valence electrons. The number of amides is 1. The lowest BCUT2D eigenvalue weighted by Crippen LogP contribution is -2.37. The average molecular weight is 317 g/mol. The van der Waals surface area contributed by atoms with Gasteiger partial charge in [-0.2, -0.15) is 0 Å². The standard InChI is InChI=1S/C17H20FN3O2/c1-12-16(20-11-23-12)17(22)19-10-15(21-8-4-5-9-21)13-6-2-3-7-14(13)18/h2-3,6-7,11,15H,4-5,8-10H2,1H3,(H,19,22)/t15-/m1/s1. The van der Waals surface area contributed by atoms with Crippen molar-refractivity contribution in [2.75, 3.05) is 19.6 Å². The van der Waals surface area contributed by atoms with E-state index in [1.54, 1.807) is 19.1 Å². The Bertz CT molecular complexity index is 680. The van der Waals surface area contributed by atoms with Gasteiger partial charge in [-0.05, 0) is 38.9 Å². The number of benzene rings is 1. The number of aromatic nitrogens is 1. The van der Waals surface area contributed by atoms with Gasteiger partial charge in [-0.3, -0.25) is 9.69 Å². The number of hydrogen-bond acceptors (Lipinski definition) is 4. The minimum atomic E-state index is -0.295. The number of likely N-dealkylation sites (tertiary alicyclic amines) is 1. The van der Waals surface area contributed by atoms with E-state index in [2.05, 4.69) is 15.2 Å². The van der Waals surface area contributed by atoms with E-state index in [1.807, 2.05) is 6.07 Å². The number of oxazole rings is 1. The Hall–Kier alpha value is -2.21. The monoisotopic (exact) mass is 317 g/mol. The predicted octanol–water partition coefficient (Wildman–Crippen LogP) is 2.69. The molecule has 2 heterocycles. The quantitative estimate of drug-likeness (QED) is 0.921. The second kappa shape index (κ2) is 6.91. The maximum atomic E-state index is 14.2. The third-order valence-electron chi connectivity index (χ3n) is 4.26. The van der Waals surface area contributed by atoms with E-state index in [9.17, 15) is 9.18 Å². The van der Waals surface area contributed by atoms with E-state index in [1.165, 1.54) is 12.5 Å². The smallest absolute Gasteiger partial charge is 0.273 e. The van der Waals surface area contributed by atoms with Crippen LogP contribution in [0.1, 0.15) is 40.7 Å². The largest absolute Gasteiger partial charge is 0.448 e. The molecule has 1 aliphatic rings. The van der Waals surface area contributed by atoms with E-state index in [0.717, 1.165) is 25.9 Å². The summed E-state index contributed by atoms with van der Waals surface area (Å²) in [6.45, 7) is 3.86. The summed E-state index contributed by atoms with van der Waals surface area (Å²) in [5.41, 5.74) is 0.894. The summed E-state index contributed by atoms with van der Waals surface area (Å²) in [7, 11) is 0. The Labute approximate surface area is 134 Å². The summed E-state index contributed by atoms with van der Waals surface area (Å²) in [5, 5.41) is 2.86. The highest BCUT2D eigenvalue weighted by Gasteiger charge is 2.26. The molecule has 0 spiro atoms. The number of halogens is 1. The van der Waals surface area contributed by atoms with Gasteiger partial charge < -0.3 is 9.73 Å². The van der Waals surface area contributed by atoms with E-state index < -0.39 is 0 Å². The SMILES string of the molecule is Cc1ocnc1C(=O)NC[C@H](c1ccccc1F)N1CCCC1. The first-order valence-electron chi connectivity index (χ1n) is 7.83. The van der Waals surface area contributed by atoms with E-state index >= 15 is 0 Å². The molecule has 1 aromatic carbocycles. The highest BCUT2D eigenvalue weighted by molar-refractivity contribution is 5.93. The number of nitrogens with zero attached hydrogens (tertiary/aromatic N) is 2. The van der Waals surface area contributed by atoms with Crippen molar-refractivity contribution in [2.24, 2.45) is 0 Å². The third kappa shape index (κ3) is 3.42. The molecule has 0 unspecified atom stereocenters. The predicted molar refractivity (Wildman–Crippen MR) is 83.5 cm³/mol. The van der Waals surface area contributed by atoms with E-state index in [4.69, 9.17) is 4.42 Å². The average Bonchev–Trinajstić information content (AvgIpc) is 3.20. The summed E-state index contributed by atoms with van der Waals surface area (Å²) in [6, 6.07) is 6.57. The van der Waals surface area contributed by atoms with Gasteiger partial charge in [0.25, 0.3) is 5.91 Å². The molecule has 23 heavy (non-hydrogen) atoms. The normalized spacial score (nSPS) is 16.4. The molecule has 0 radical (unpaired) electrons. The molecule has 6 heteroatoms. The molecule has 2 aromatic rings. The van der Waals surface area contributed by atoms with Crippen LogP contribution in [-0.4, -0.2) is 35.4 Å². The minimum Gasteiger partial charge on any atom is -0.448 e. The van der Waals surface area contributed by atoms with Crippen molar-refractivity contribution in [1.29, 1.82) is 0 Å². The molecule has 0 saturated carbocycles. The molecule has 0 aliphatic carbocycles. The van der Waals surface area contributed by atoms with Crippen LogP contribution in [0, 0.1) is 12.7 Å². The maximum absolute atomic E-state index is 14.2. The molecular formula is C17H20FN3O2. The van der Waals surface area contributed by atoms with Crippen molar-refractivity contribution >= 4 is 5.91 Å². The van der Waals surface area contributed by atoms with Gasteiger partial charge in [-0.1, -0.05) is 18.2 Å². The number of carbonyl (C=O) groups excluding carboxylic acids is 1. The highest BCUT2D eigenvalue weighted by Crippen LogP contribution is 2.26. The first kappa shape index (κ1) is 15.7. The second-order valence-corrected chi connectivity index (χ2v) is 5.75. The number of rotatable bonds is 5. The second-order valence-electron chi connectivity index (χ2n) is 5.75. The van der Waals surface area contributed by atoms with Gasteiger partial charge in [0.05, 0.1) is 6.04 Å². The van der Waals surface area contributed by atoms with E-state index in [-0.39, 0.29) is 23.5 Å². The molecule has 1 aliphatic heterocycles. The van der Waals surface area contributed by atoms with Crippen molar-refractivity contribution in [2.45, 2.75) is 25.8 Å². The van der Waals surface area contributed by atoms with Crippen LogP contribution in [0.2, 0.25) is 0 Å². The number of carbonyl (C=O) groups is 1. The fraction of sp³-hybridized carbons (Fsp3) is 0.412. The van der Waals surface area contributed by atoms with Crippen LogP contribution < -0.4 is 5.32 Å². The lowest BCUT2D eigenvalue weighted by molar-refractivity contribution is 0.0931. The van der Waals surface area contributed by atoms with Gasteiger partial charge >= 0.3 is 0 Å². The van der Waals surface area contributed by atoms with Crippen LogP contribution >= 0.6 is 0 Å². The Morgan fingerprint density at radius 3 is 2.78 bits per heavy atom. The lowest BCUT2D eigenvalue weighted by atomic mass is 10.0. The van der Waals surface area contributed by atoms with Gasteiger partial charge in [0, 0.05) is 12.1 Å². The van der Waals surface area contributed by atoms with Gasteiger partial charge in [0.15, 0.2) is 12.1 Å². The molecular weight excluding hydrogens is 297 g/mol. The maximum Gasteiger partial charge on any atom is 0.273 e. The van der Waals surface area contributed by atoms with Gasteiger partial charge in [-0.15, -0.1) is 0 Å². The minimum absolute atomic E-state index is 0.171. The molecule has 0 bridgehead atoms. The number of nitrogens with one attached hydrogen (secondary N) is 1. The first-order chi connectivity index (χ1) is 11.2. The molecule has 1 aromatic heterocycles. The van der Waals surface area contributed by atoms with Crippen LogP contribution in [0.4, 0.5) is 4.39 Å². The van der Waals surface area contributed by atoms with Crippen molar-refractivity contribution in [3.63, 3.8) is 0 Å². The molecule has 1 amide bonds. The third-order valence-corrected chi connectivity index (χ3v) is 4.26. The topological polar surface area (TPSA) is 58.4 Å². The molecule has 1 saturated heterocycles. The Morgan fingerprint density at radius 2 is 2.13 bits per heavy atom. The number of hydrogen-bond donors (Lipinski definition) is 1. The summed E-state index contributed by atoms with van der Waals surface area (Å²) in [6.07, 6.45) is 3.45. The first-order valence-corrected chi connectivity index (χ1v) is 7.83. The van der Waals surface area contributed by atoms with E-state index in [0.29, 0.717) is 17.9 Å². The molecule has 1 N–H and O–H groups in total. The van der Waals surface area contributed by atoms with Crippen LogP contribution in [0.5, 0.6) is 0 Å². The van der Waals surface area contributed by atoms with Crippen molar-refractivity contribution in [3.05, 3.63) is 53.5 Å². The molecule has 3 rings (SSSR count). The van der Waals surface area contributed by atoms with Gasteiger partial charge in [-0.25, -0.2) is 9.37 Å². The summed E-state index contributed by atoms with van der Waals surface area (Å²) < 4.78 is 19.2. The fourth-order valence-corrected chi connectivity index (χ4v) is 3.03. The van der Waals surface area contributed by atoms with Crippen molar-refractivity contribution in [3.8, 4) is 0 Å². The highest BCUT2D eigenvalue weighted by atomic mass is 19.1. The Morgan fingerprint density at radius 1 is 1.39 bits per heavy atom. The van der Waals surface area contributed by atoms with Gasteiger partial charge in [0.2, 0.25) is 0 Å². The summed E-state index contributed by atoms with van der Waals surface area (Å²) in [4.78, 5) is 18.3. The fourth-order valence-electron chi connectivity index (χ4n) is 3.03. The Kier molecular flexibility index (Phi) is 4.71. The zero-order valence-corrected chi connectivity index (χ0v) is 13.1. The lowest BCUT2D eigenvalue weighted by Gasteiger charge is -2.28.